The number of aryl methyl sites for hydroxylation is 1. The number of nitrogens with zero attached hydrogens (tertiary/aromatic N) is 2. The lowest BCUT2D eigenvalue weighted by atomic mass is 9.86. The zero-order valence-corrected chi connectivity index (χ0v) is 18.8. The summed E-state index contributed by atoms with van der Waals surface area (Å²) in [6.45, 7) is 9.47. The molecule has 1 N–H and O–H groups in total. The Morgan fingerprint density at radius 2 is 1.83 bits per heavy atom. The van der Waals surface area contributed by atoms with E-state index in [2.05, 4.69) is 49.9 Å². The quantitative estimate of drug-likeness (QED) is 0.554. The molecule has 0 aliphatic heterocycles. The zero-order chi connectivity index (χ0) is 21.0. The largest absolute Gasteiger partial charge is 0.342 e. The highest BCUT2D eigenvalue weighted by atomic mass is 32.2. The number of imidazole rings is 1. The summed E-state index contributed by atoms with van der Waals surface area (Å²) in [5.74, 6) is 1.84. The van der Waals surface area contributed by atoms with Crippen LogP contribution in [0.1, 0.15) is 61.9 Å². The SMILES string of the molecule is CCn1c([C@H](CCSC)NC(=O)c2ccc(C(C)(C)C)cc2)nc2ccccc21. The molecule has 1 aromatic heterocycles. The number of para-hydroxylation sites is 2. The summed E-state index contributed by atoms with van der Waals surface area (Å²) in [6, 6.07) is 16.0. The van der Waals surface area contributed by atoms with E-state index in [4.69, 9.17) is 4.98 Å². The molecule has 1 atom stereocenters. The third-order valence-electron chi connectivity index (χ3n) is 5.24. The fourth-order valence-corrected chi connectivity index (χ4v) is 4.03. The average molecular weight is 410 g/mol. The van der Waals surface area contributed by atoms with Gasteiger partial charge < -0.3 is 9.88 Å². The molecule has 4 nitrogen and oxygen atoms in total. The van der Waals surface area contributed by atoms with Gasteiger partial charge in [-0.2, -0.15) is 11.8 Å². The Bertz CT molecular complexity index is 970. The fraction of sp³-hybridized carbons (Fsp3) is 0.417. The zero-order valence-electron chi connectivity index (χ0n) is 18.0. The first kappa shape index (κ1) is 21.4. The van der Waals surface area contributed by atoms with Gasteiger partial charge in [0.1, 0.15) is 5.82 Å². The van der Waals surface area contributed by atoms with Gasteiger partial charge in [-0.25, -0.2) is 4.98 Å². The number of fused-ring (bicyclic) bond motifs is 1. The lowest BCUT2D eigenvalue weighted by Crippen LogP contribution is -2.31. The second-order valence-corrected chi connectivity index (χ2v) is 9.32. The predicted molar refractivity (Wildman–Crippen MR) is 124 cm³/mol. The number of amides is 1. The molecule has 5 heteroatoms. The van der Waals surface area contributed by atoms with E-state index < -0.39 is 0 Å². The molecule has 29 heavy (non-hydrogen) atoms. The van der Waals surface area contributed by atoms with Crippen molar-refractivity contribution in [3.63, 3.8) is 0 Å². The van der Waals surface area contributed by atoms with Gasteiger partial charge in [-0.15, -0.1) is 0 Å². The summed E-state index contributed by atoms with van der Waals surface area (Å²) in [5, 5.41) is 3.24. The molecule has 0 unspecified atom stereocenters. The molecule has 0 bridgehead atoms. The predicted octanol–water partition coefficient (Wildman–Crippen LogP) is 5.58. The van der Waals surface area contributed by atoms with Gasteiger partial charge in [-0.3, -0.25) is 4.79 Å². The van der Waals surface area contributed by atoms with Crippen molar-refractivity contribution >= 4 is 28.7 Å². The van der Waals surface area contributed by atoms with Crippen molar-refractivity contribution in [1.82, 2.24) is 14.9 Å². The summed E-state index contributed by atoms with van der Waals surface area (Å²) in [4.78, 5) is 17.9. The number of thioether (sulfide) groups is 1. The van der Waals surface area contributed by atoms with Crippen LogP contribution in [0, 0.1) is 0 Å². The van der Waals surface area contributed by atoms with E-state index in [-0.39, 0.29) is 17.4 Å². The number of hydrogen-bond acceptors (Lipinski definition) is 3. The van der Waals surface area contributed by atoms with Crippen molar-refractivity contribution in [2.24, 2.45) is 0 Å². The van der Waals surface area contributed by atoms with Crippen molar-refractivity contribution in [1.29, 1.82) is 0 Å². The maximum absolute atomic E-state index is 13.0. The minimum Gasteiger partial charge on any atom is -0.342 e. The lowest BCUT2D eigenvalue weighted by Gasteiger charge is -2.21. The molecule has 0 aliphatic carbocycles. The second-order valence-electron chi connectivity index (χ2n) is 8.34. The van der Waals surface area contributed by atoms with Gasteiger partial charge in [0.2, 0.25) is 0 Å². The van der Waals surface area contributed by atoms with Crippen LogP contribution >= 0.6 is 11.8 Å². The van der Waals surface area contributed by atoms with Crippen LogP contribution < -0.4 is 5.32 Å². The minimum atomic E-state index is -0.121. The minimum absolute atomic E-state index is 0.0497. The summed E-state index contributed by atoms with van der Waals surface area (Å²) in [5.41, 5.74) is 4.07. The van der Waals surface area contributed by atoms with Crippen LogP contribution in [0.25, 0.3) is 11.0 Å². The van der Waals surface area contributed by atoms with Gasteiger partial charge in [0.05, 0.1) is 17.1 Å². The fourth-order valence-electron chi connectivity index (χ4n) is 3.56. The summed E-state index contributed by atoms with van der Waals surface area (Å²) in [7, 11) is 0. The van der Waals surface area contributed by atoms with Crippen molar-refractivity contribution in [3.8, 4) is 0 Å². The Balaban J connectivity index is 1.89. The second kappa shape index (κ2) is 9.04. The third-order valence-corrected chi connectivity index (χ3v) is 5.89. The summed E-state index contributed by atoms with van der Waals surface area (Å²) >= 11 is 1.78. The molecule has 2 aromatic carbocycles. The molecule has 1 heterocycles. The number of carbonyl (C=O) groups is 1. The molecular formula is C24H31N3OS. The molecule has 0 saturated carbocycles. The van der Waals surface area contributed by atoms with E-state index >= 15 is 0 Å². The highest BCUT2D eigenvalue weighted by Crippen LogP contribution is 2.25. The van der Waals surface area contributed by atoms with E-state index in [0.29, 0.717) is 5.56 Å². The molecule has 0 radical (unpaired) electrons. The van der Waals surface area contributed by atoms with E-state index in [9.17, 15) is 4.79 Å². The molecule has 0 fully saturated rings. The highest BCUT2D eigenvalue weighted by molar-refractivity contribution is 7.98. The number of rotatable bonds is 7. The van der Waals surface area contributed by atoms with E-state index in [1.807, 2.05) is 42.5 Å². The lowest BCUT2D eigenvalue weighted by molar-refractivity contribution is 0.0933. The molecule has 0 aliphatic rings. The Morgan fingerprint density at radius 3 is 2.45 bits per heavy atom. The van der Waals surface area contributed by atoms with Gasteiger partial charge in [0.15, 0.2) is 0 Å². The molecular weight excluding hydrogens is 378 g/mol. The van der Waals surface area contributed by atoms with E-state index in [1.54, 1.807) is 11.8 Å². The summed E-state index contributed by atoms with van der Waals surface area (Å²) < 4.78 is 2.21. The first-order chi connectivity index (χ1) is 13.8. The topological polar surface area (TPSA) is 46.9 Å². The highest BCUT2D eigenvalue weighted by Gasteiger charge is 2.22. The van der Waals surface area contributed by atoms with Crippen LogP contribution in [-0.4, -0.2) is 27.5 Å². The first-order valence-corrected chi connectivity index (χ1v) is 11.6. The van der Waals surface area contributed by atoms with Crippen molar-refractivity contribution in [2.75, 3.05) is 12.0 Å². The number of hydrogen-bond donors (Lipinski definition) is 1. The standard InChI is InChI=1S/C24H31N3OS/c1-6-27-21-10-8-7-9-19(21)25-22(27)20(15-16-29-5)26-23(28)17-11-13-18(14-12-17)24(2,3)4/h7-14,20H,6,15-16H2,1-5H3,(H,26,28)/t20-/m0/s1. The first-order valence-electron chi connectivity index (χ1n) is 10.2. The Kier molecular flexibility index (Phi) is 6.68. The summed E-state index contributed by atoms with van der Waals surface area (Å²) in [6.07, 6.45) is 2.93. The van der Waals surface area contributed by atoms with Crippen molar-refractivity contribution < 1.29 is 4.79 Å². The van der Waals surface area contributed by atoms with Crippen LogP contribution in [0.15, 0.2) is 48.5 Å². The number of nitrogens with one attached hydrogen (secondary N) is 1. The maximum atomic E-state index is 13.0. The number of benzene rings is 2. The Morgan fingerprint density at radius 1 is 1.14 bits per heavy atom. The number of aromatic nitrogens is 2. The molecule has 3 rings (SSSR count). The number of carbonyl (C=O) groups excluding carboxylic acids is 1. The third kappa shape index (κ3) is 4.84. The average Bonchev–Trinajstić information content (AvgIpc) is 3.09. The Labute approximate surface area is 178 Å². The van der Waals surface area contributed by atoms with E-state index in [1.165, 1.54) is 5.56 Å². The van der Waals surface area contributed by atoms with Gasteiger partial charge in [0.25, 0.3) is 5.91 Å². The van der Waals surface area contributed by atoms with Crippen LogP contribution in [-0.2, 0) is 12.0 Å². The maximum Gasteiger partial charge on any atom is 0.251 e. The Hall–Kier alpha value is -2.27. The van der Waals surface area contributed by atoms with Crippen LogP contribution in [0.5, 0.6) is 0 Å². The van der Waals surface area contributed by atoms with E-state index in [0.717, 1.165) is 35.6 Å². The van der Waals surface area contributed by atoms with Gasteiger partial charge in [-0.1, -0.05) is 45.0 Å². The van der Waals surface area contributed by atoms with Crippen LogP contribution in [0.4, 0.5) is 0 Å². The van der Waals surface area contributed by atoms with Crippen LogP contribution in [0.2, 0.25) is 0 Å². The molecule has 0 spiro atoms. The van der Waals surface area contributed by atoms with Gasteiger partial charge in [0, 0.05) is 12.1 Å². The monoisotopic (exact) mass is 409 g/mol. The van der Waals surface area contributed by atoms with Crippen LogP contribution in [0.3, 0.4) is 0 Å². The van der Waals surface area contributed by atoms with Crippen molar-refractivity contribution in [3.05, 3.63) is 65.5 Å². The van der Waals surface area contributed by atoms with Gasteiger partial charge in [-0.05, 0) is 60.6 Å². The molecule has 1 amide bonds. The molecule has 0 saturated heterocycles. The van der Waals surface area contributed by atoms with Gasteiger partial charge >= 0.3 is 0 Å². The van der Waals surface area contributed by atoms with Crippen molar-refractivity contribution in [2.45, 2.75) is 52.1 Å². The normalized spacial score (nSPS) is 12.9. The smallest absolute Gasteiger partial charge is 0.251 e. The molecule has 154 valence electrons. The molecule has 3 aromatic rings.